The molecule has 0 aliphatic carbocycles. The summed E-state index contributed by atoms with van der Waals surface area (Å²) in [6.45, 7) is 6.78. The van der Waals surface area contributed by atoms with Crippen LogP contribution in [0.4, 0.5) is 24.7 Å². The second-order valence-corrected chi connectivity index (χ2v) is 9.53. The number of benzene rings is 2. The topological polar surface area (TPSA) is 153 Å². The van der Waals surface area contributed by atoms with E-state index in [2.05, 4.69) is 55.2 Å². The lowest BCUT2D eigenvalue weighted by atomic mass is 10.0. The van der Waals surface area contributed by atoms with Crippen molar-refractivity contribution in [2.75, 3.05) is 43.5 Å². The Balaban J connectivity index is 0.000000203. The number of pyridine rings is 1. The van der Waals surface area contributed by atoms with E-state index in [9.17, 15) is 13.2 Å². The summed E-state index contributed by atoms with van der Waals surface area (Å²) in [7, 11) is 0. The third-order valence-corrected chi connectivity index (χ3v) is 6.58. The third-order valence-electron chi connectivity index (χ3n) is 6.58. The van der Waals surface area contributed by atoms with Crippen molar-refractivity contribution in [2.45, 2.75) is 26.2 Å². The lowest BCUT2D eigenvalue weighted by Crippen LogP contribution is -2.41. The fourth-order valence-electron chi connectivity index (χ4n) is 4.35. The van der Waals surface area contributed by atoms with Crippen molar-refractivity contribution in [3.63, 3.8) is 0 Å². The van der Waals surface area contributed by atoms with Gasteiger partial charge in [0.25, 0.3) is 5.89 Å². The maximum Gasteiger partial charge on any atom is 0.417 e. The van der Waals surface area contributed by atoms with E-state index in [1.165, 1.54) is 12.3 Å². The maximum atomic E-state index is 12.5. The van der Waals surface area contributed by atoms with E-state index in [-0.39, 0.29) is 23.7 Å². The summed E-state index contributed by atoms with van der Waals surface area (Å²) in [6.07, 6.45) is -2.49. The highest BCUT2D eigenvalue weighted by molar-refractivity contribution is 6.20. The summed E-state index contributed by atoms with van der Waals surface area (Å²) >= 11 is 0. The number of aromatic nitrogens is 3. The van der Waals surface area contributed by atoms with Crippen LogP contribution in [-0.2, 0) is 10.9 Å². The fourth-order valence-corrected chi connectivity index (χ4v) is 4.35. The number of aliphatic imine (C=N–C) groups is 1. The Hall–Kier alpha value is -4.95. The minimum absolute atomic E-state index is 0.169. The van der Waals surface area contributed by atoms with Gasteiger partial charge < -0.3 is 30.5 Å². The number of aromatic amines is 1. The first-order chi connectivity index (χ1) is 21.8. The number of alkyl halides is 3. The highest BCUT2D eigenvalue weighted by atomic mass is 19.4. The number of hydrogen-bond donors (Lipinski definition) is 5. The normalized spacial score (nSPS) is 16.4. The van der Waals surface area contributed by atoms with E-state index in [1.54, 1.807) is 4.90 Å². The predicted octanol–water partition coefficient (Wildman–Crippen LogP) is 5.44. The molecule has 1 unspecified atom stereocenters. The van der Waals surface area contributed by atoms with Gasteiger partial charge in [-0.05, 0) is 18.2 Å². The van der Waals surface area contributed by atoms with Crippen LogP contribution in [0.3, 0.4) is 0 Å². The van der Waals surface area contributed by atoms with Gasteiger partial charge in [-0.1, -0.05) is 62.4 Å². The van der Waals surface area contributed by atoms with Crippen molar-refractivity contribution in [1.29, 1.82) is 5.41 Å². The van der Waals surface area contributed by atoms with Gasteiger partial charge in [-0.25, -0.2) is 4.98 Å². The molecule has 1 atom stereocenters. The molecule has 2 aromatic carbocycles. The molecular formula is C31H36F3N9O2. The molecule has 1 saturated heterocycles. The van der Waals surface area contributed by atoms with Crippen molar-refractivity contribution in [1.82, 2.24) is 20.3 Å². The average molecular weight is 624 g/mol. The van der Waals surface area contributed by atoms with E-state index >= 15 is 0 Å². The molecular weight excluding hydrogens is 587 g/mol. The molecule has 14 heteroatoms. The molecule has 0 bridgehead atoms. The first kappa shape index (κ1) is 33.0. The SMILES string of the molecule is CC.N=C(/C(=C\Nc1ccc(C(F)(F)F)cn1)c1n[nH]o1)N1CCOCC1.NC1CNc2ccccc2C(c2ccccc2)=N1. The molecule has 0 radical (unpaired) electrons. The number of rotatable bonds is 5. The van der Waals surface area contributed by atoms with Gasteiger partial charge in [0.05, 0.1) is 36.6 Å². The lowest BCUT2D eigenvalue weighted by Gasteiger charge is -2.29. The average Bonchev–Trinajstić information content (AvgIpc) is 3.22. The molecule has 2 aliphatic heterocycles. The molecule has 0 spiro atoms. The van der Waals surface area contributed by atoms with E-state index < -0.39 is 11.7 Å². The molecule has 45 heavy (non-hydrogen) atoms. The quantitative estimate of drug-likeness (QED) is 0.146. The Morgan fingerprint density at radius 3 is 2.36 bits per heavy atom. The Bertz CT molecular complexity index is 1550. The van der Waals surface area contributed by atoms with Crippen LogP contribution in [0.2, 0.25) is 0 Å². The van der Waals surface area contributed by atoms with Gasteiger partial charge in [-0.2, -0.15) is 13.2 Å². The number of morpholine rings is 1. The number of anilines is 2. The first-order valence-electron chi connectivity index (χ1n) is 14.4. The number of nitrogens with zero attached hydrogens (tertiary/aromatic N) is 4. The number of amidine groups is 1. The Kier molecular flexibility index (Phi) is 11.5. The Morgan fingerprint density at radius 2 is 1.73 bits per heavy atom. The first-order valence-corrected chi connectivity index (χ1v) is 14.4. The smallest absolute Gasteiger partial charge is 0.381 e. The van der Waals surface area contributed by atoms with E-state index in [0.29, 0.717) is 38.4 Å². The van der Waals surface area contributed by atoms with Crippen molar-refractivity contribution in [3.8, 4) is 0 Å². The summed E-state index contributed by atoms with van der Waals surface area (Å²) in [4.78, 5) is 10.1. The van der Waals surface area contributed by atoms with E-state index in [0.717, 1.165) is 34.8 Å². The number of hydrogen-bond acceptors (Lipinski definition) is 9. The van der Waals surface area contributed by atoms with E-state index in [1.807, 2.05) is 44.2 Å². The van der Waals surface area contributed by atoms with Crippen LogP contribution < -0.4 is 16.4 Å². The monoisotopic (exact) mass is 623 g/mol. The molecule has 1 fully saturated rings. The van der Waals surface area contributed by atoms with Crippen LogP contribution in [0, 0.1) is 5.41 Å². The van der Waals surface area contributed by atoms with Gasteiger partial charge >= 0.3 is 6.18 Å². The van der Waals surface area contributed by atoms with Crippen LogP contribution >= 0.6 is 0 Å². The summed E-state index contributed by atoms with van der Waals surface area (Å²) in [6, 6.07) is 20.5. The highest BCUT2D eigenvalue weighted by Crippen LogP contribution is 2.29. The van der Waals surface area contributed by atoms with Crippen molar-refractivity contribution in [3.05, 3.63) is 102 Å². The third kappa shape index (κ3) is 8.80. The zero-order valence-corrected chi connectivity index (χ0v) is 24.9. The maximum absolute atomic E-state index is 12.5. The summed E-state index contributed by atoms with van der Waals surface area (Å²) in [5.74, 6) is 0.576. The Morgan fingerprint density at radius 1 is 1.04 bits per heavy atom. The zero-order chi connectivity index (χ0) is 32.2. The molecule has 11 nitrogen and oxygen atoms in total. The van der Waals surface area contributed by atoms with Gasteiger partial charge in [0.1, 0.15) is 17.8 Å². The molecule has 4 heterocycles. The summed E-state index contributed by atoms with van der Waals surface area (Å²) in [5, 5.41) is 20.5. The minimum Gasteiger partial charge on any atom is -0.381 e. The molecule has 2 aromatic heterocycles. The van der Waals surface area contributed by atoms with Crippen LogP contribution in [0.5, 0.6) is 0 Å². The van der Waals surface area contributed by atoms with Crippen LogP contribution in [0.15, 0.2) is 88.6 Å². The highest BCUT2D eigenvalue weighted by Gasteiger charge is 2.30. The van der Waals surface area contributed by atoms with Gasteiger partial charge in [-0.3, -0.25) is 10.4 Å². The van der Waals surface area contributed by atoms with Gasteiger partial charge in [0.15, 0.2) is 0 Å². The number of H-pyrrole nitrogens is 1. The van der Waals surface area contributed by atoms with Crippen LogP contribution in [0.25, 0.3) is 5.57 Å². The largest absolute Gasteiger partial charge is 0.417 e. The molecule has 4 aromatic rings. The number of para-hydroxylation sites is 1. The number of benzodiazepines with no additional fused rings is 1. The van der Waals surface area contributed by atoms with Crippen molar-refractivity contribution < 1.29 is 22.4 Å². The standard InChI is InChI=1S/C15H15N3.C14H15F3N6O2.C2H6/c16-14-10-17-13-9-5-4-8-12(13)15(18-14)11-6-2-1-3-7-11;15-14(16,17)9-1-2-11(19-7-9)20-8-10(13-21-22-25-13)12(18)23-3-5-24-6-4-23;1-2/h1-9,14,17H,10,16H2;1-2,7-8,18,22H,3-6H2,(H,19,20);1-2H3/b;10-8+,18-12?;. The van der Waals surface area contributed by atoms with E-state index in [4.69, 9.17) is 20.4 Å². The number of nitrogens with two attached hydrogens (primary N) is 1. The van der Waals surface area contributed by atoms with Crippen LogP contribution in [0.1, 0.15) is 36.4 Å². The lowest BCUT2D eigenvalue weighted by molar-refractivity contribution is -0.137. The molecule has 0 saturated carbocycles. The number of nitrogens with one attached hydrogen (secondary N) is 4. The second-order valence-electron chi connectivity index (χ2n) is 9.53. The molecule has 0 amide bonds. The zero-order valence-electron chi connectivity index (χ0n) is 24.9. The Labute approximate surface area is 258 Å². The number of halogens is 3. The molecule has 238 valence electrons. The minimum atomic E-state index is -4.44. The molecule has 6 rings (SSSR count). The van der Waals surface area contributed by atoms with Crippen LogP contribution in [-0.4, -0.2) is 70.8 Å². The number of ether oxygens (including phenoxy) is 1. The summed E-state index contributed by atoms with van der Waals surface area (Å²) in [5.41, 5.74) is 9.77. The van der Waals surface area contributed by atoms with Crippen molar-refractivity contribution in [2.24, 2.45) is 10.7 Å². The predicted molar refractivity (Wildman–Crippen MR) is 168 cm³/mol. The fraction of sp³-hybridized carbons (Fsp3) is 0.290. The van der Waals surface area contributed by atoms with Gasteiger partial charge in [0, 0.05) is 42.3 Å². The molecule has 2 aliphatic rings. The molecule has 6 N–H and O–H groups in total. The van der Waals surface area contributed by atoms with Gasteiger partial charge in [-0.15, -0.1) is 10.4 Å². The summed E-state index contributed by atoms with van der Waals surface area (Å²) < 4.78 is 47.9. The van der Waals surface area contributed by atoms with Gasteiger partial charge in [0.2, 0.25) is 0 Å². The van der Waals surface area contributed by atoms with Crippen molar-refractivity contribution >= 4 is 28.6 Å². The number of fused-ring (bicyclic) bond motifs is 1. The second kappa shape index (κ2) is 15.7.